The number of para-hydroxylation sites is 1. The molecular weight excluding hydrogens is 390 g/mol. The Bertz CT molecular complexity index is 1430. The van der Waals surface area contributed by atoms with E-state index in [4.69, 9.17) is 17.1 Å². The molecule has 1 atom stereocenters. The first-order valence-corrected chi connectivity index (χ1v) is 9.40. The van der Waals surface area contributed by atoms with Gasteiger partial charge in [0.2, 0.25) is 5.95 Å². The molecule has 0 radical (unpaired) electrons. The van der Waals surface area contributed by atoms with Crippen LogP contribution in [-0.4, -0.2) is 19.5 Å². The zero-order chi connectivity index (χ0) is 22.0. The van der Waals surface area contributed by atoms with E-state index >= 15 is 0 Å². The van der Waals surface area contributed by atoms with E-state index in [1.165, 1.54) is 10.8 Å². The molecule has 0 saturated heterocycles. The van der Waals surface area contributed by atoms with Gasteiger partial charge in [-0.3, -0.25) is 9.36 Å². The summed E-state index contributed by atoms with van der Waals surface area (Å²) in [4.78, 5) is 26.3. The van der Waals surface area contributed by atoms with Gasteiger partial charge in [-0.05, 0) is 31.2 Å². The first-order valence-electron chi connectivity index (χ1n) is 9.40. The predicted molar refractivity (Wildman–Crippen MR) is 118 cm³/mol. The quantitative estimate of drug-likeness (QED) is 0.499. The zero-order valence-electron chi connectivity index (χ0n) is 16.6. The molecule has 8 heteroatoms. The fraction of sp³-hybridized carbons (Fsp3) is 0.0870. The molecular formula is C23H17N7O. The SMILES string of the molecule is C#Cc1cccc2nc(C(C)Nc3nc(N)ncc3C#N)n(-c3ccccc3)c(=O)c12. The van der Waals surface area contributed by atoms with Crippen molar-refractivity contribution in [2.45, 2.75) is 13.0 Å². The molecule has 4 rings (SSSR count). The molecule has 4 aromatic rings. The van der Waals surface area contributed by atoms with Crippen LogP contribution in [0, 0.1) is 23.7 Å². The highest BCUT2D eigenvalue weighted by Gasteiger charge is 2.20. The van der Waals surface area contributed by atoms with Crippen molar-refractivity contribution in [3.8, 4) is 24.1 Å². The summed E-state index contributed by atoms with van der Waals surface area (Å²) in [6.45, 7) is 1.82. The van der Waals surface area contributed by atoms with Gasteiger partial charge in [-0.25, -0.2) is 9.97 Å². The minimum atomic E-state index is -0.506. The average Bonchev–Trinajstić information content (AvgIpc) is 2.79. The number of anilines is 2. The predicted octanol–water partition coefficient (Wildman–Crippen LogP) is 2.78. The van der Waals surface area contributed by atoms with Crippen molar-refractivity contribution >= 4 is 22.7 Å². The number of fused-ring (bicyclic) bond motifs is 1. The second kappa shape index (κ2) is 7.97. The highest BCUT2D eigenvalue weighted by molar-refractivity contribution is 5.84. The standard InChI is InChI=1S/C23H17N7O/c1-3-15-8-7-11-18-19(15)22(31)30(17-9-5-4-6-10-17)21(28-18)14(2)27-20-16(12-24)13-26-23(25)29-20/h1,4-11,13-14H,2H3,(H3,25,26,27,29). The van der Waals surface area contributed by atoms with Gasteiger partial charge in [-0.15, -0.1) is 6.42 Å². The Kier molecular flexibility index (Phi) is 5.05. The molecule has 0 spiro atoms. The van der Waals surface area contributed by atoms with Crippen LogP contribution in [0.3, 0.4) is 0 Å². The van der Waals surface area contributed by atoms with Gasteiger partial charge in [0.05, 0.1) is 28.8 Å². The van der Waals surface area contributed by atoms with Crippen molar-refractivity contribution < 1.29 is 0 Å². The summed E-state index contributed by atoms with van der Waals surface area (Å²) in [5.41, 5.74) is 7.23. The summed E-state index contributed by atoms with van der Waals surface area (Å²) >= 11 is 0. The molecule has 31 heavy (non-hydrogen) atoms. The van der Waals surface area contributed by atoms with E-state index in [2.05, 4.69) is 21.2 Å². The van der Waals surface area contributed by atoms with E-state index in [-0.39, 0.29) is 22.9 Å². The Morgan fingerprint density at radius 3 is 2.61 bits per heavy atom. The number of hydrogen-bond acceptors (Lipinski definition) is 7. The topological polar surface area (TPSA) is 123 Å². The lowest BCUT2D eigenvalue weighted by Crippen LogP contribution is -2.28. The molecule has 0 aliphatic carbocycles. The molecule has 0 saturated carbocycles. The first kappa shape index (κ1) is 19.6. The van der Waals surface area contributed by atoms with Gasteiger partial charge in [0, 0.05) is 5.56 Å². The van der Waals surface area contributed by atoms with Gasteiger partial charge in [0.1, 0.15) is 23.3 Å². The van der Waals surface area contributed by atoms with Crippen molar-refractivity contribution in [1.82, 2.24) is 19.5 Å². The number of aromatic nitrogens is 4. The number of nitrogens with zero attached hydrogens (tertiary/aromatic N) is 5. The van der Waals surface area contributed by atoms with Crippen LogP contribution in [0.1, 0.15) is 29.9 Å². The van der Waals surface area contributed by atoms with Gasteiger partial charge >= 0.3 is 0 Å². The van der Waals surface area contributed by atoms with Crippen molar-refractivity contribution in [3.05, 3.63) is 82.0 Å². The molecule has 2 aromatic carbocycles. The summed E-state index contributed by atoms with van der Waals surface area (Å²) in [7, 11) is 0. The summed E-state index contributed by atoms with van der Waals surface area (Å²) in [5, 5.41) is 12.9. The largest absolute Gasteiger partial charge is 0.368 e. The van der Waals surface area contributed by atoms with Crippen LogP contribution in [0.5, 0.6) is 0 Å². The number of terminal acetylenes is 1. The van der Waals surface area contributed by atoms with E-state index in [0.29, 0.717) is 28.0 Å². The molecule has 0 aliphatic rings. The lowest BCUT2D eigenvalue weighted by molar-refractivity contribution is 0.730. The minimum absolute atomic E-state index is 0.0271. The highest BCUT2D eigenvalue weighted by atomic mass is 16.1. The molecule has 8 nitrogen and oxygen atoms in total. The normalized spacial score (nSPS) is 11.5. The van der Waals surface area contributed by atoms with Crippen LogP contribution in [-0.2, 0) is 0 Å². The van der Waals surface area contributed by atoms with Gasteiger partial charge < -0.3 is 11.1 Å². The van der Waals surface area contributed by atoms with Crippen molar-refractivity contribution in [2.24, 2.45) is 0 Å². The van der Waals surface area contributed by atoms with Crippen LogP contribution in [0.15, 0.2) is 59.5 Å². The molecule has 2 heterocycles. The number of hydrogen-bond donors (Lipinski definition) is 2. The maximum atomic E-state index is 13.6. The fourth-order valence-electron chi connectivity index (χ4n) is 3.34. The van der Waals surface area contributed by atoms with Crippen LogP contribution in [0.25, 0.3) is 16.6 Å². The molecule has 0 bridgehead atoms. The number of nitrogen functional groups attached to an aromatic ring is 1. The van der Waals surface area contributed by atoms with Gasteiger partial charge in [0.15, 0.2) is 0 Å². The Morgan fingerprint density at radius 1 is 1.13 bits per heavy atom. The fourth-order valence-corrected chi connectivity index (χ4v) is 3.34. The summed E-state index contributed by atoms with van der Waals surface area (Å²) in [6, 6.07) is 15.9. The molecule has 0 amide bonds. The third-order valence-corrected chi connectivity index (χ3v) is 4.76. The van der Waals surface area contributed by atoms with Gasteiger partial charge in [-0.1, -0.05) is 30.2 Å². The first-order chi connectivity index (χ1) is 15.0. The number of rotatable bonds is 4. The maximum Gasteiger partial charge on any atom is 0.267 e. The molecule has 0 aliphatic heterocycles. The van der Waals surface area contributed by atoms with Crippen LogP contribution >= 0.6 is 0 Å². The van der Waals surface area contributed by atoms with E-state index in [1.54, 1.807) is 18.2 Å². The van der Waals surface area contributed by atoms with E-state index in [9.17, 15) is 10.1 Å². The Labute approximate surface area is 178 Å². The Hall–Kier alpha value is -4.69. The lowest BCUT2D eigenvalue weighted by atomic mass is 10.1. The minimum Gasteiger partial charge on any atom is -0.368 e. The summed E-state index contributed by atoms with van der Waals surface area (Å²) < 4.78 is 1.51. The highest BCUT2D eigenvalue weighted by Crippen LogP contribution is 2.23. The van der Waals surface area contributed by atoms with Crippen molar-refractivity contribution in [2.75, 3.05) is 11.1 Å². The number of nitriles is 1. The van der Waals surface area contributed by atoms with Crippen LogP contribution in [0.4, 0.5) is 11.8 Å². The van der Waals surface area contributed by atoms with Crippen LogP contribution in [0.2, 0.25) is 0 Å². The third kappa shape index (κ3) is 3.54. The molecule has 1 unspecified atom stereocenters. The van der Waals surface area contributed by atoms with E-state index in [1.807, 2.05) is 43.3 Å². The maximum absolute atomic E-state index is 13.6. The Morgan fingerprint density at radius 2 is 1.90 bits per heavy atom. The summed E-state index contributed by atoms with van der Waals surface area (Å²) in [5.74, 6) is 3.28. The van der Waals surface area contributed by atoms with E-state index < -0.39 is 6.04 Å². The Balaban J connectivity index is 1.96. The number of benzene rings is 2. The number of nitrogens with one attached hydrogen (secondary N) is 1. The second-order valence-electron chi connectivity index (χ2n) is 6.76. The lowest BCUT2D eigenvalue weighted by Gasteiger charge is -2.20. The second-order valence-corrected chi connectivity index (χ2v) is 6.76. The average molecular weight is 407 g/mol. The molecule has 150 valence electrons. The molecule has 0 fully saturated rings. The zero-order valence-corrected chi connectivity index (χ0v) is 16.6. The van der Waals surface area contributed by atoms with Crippen LogP contribution < -0.4 is 16.6 Å². The third-order valence-electron chi connectivity index (χ3n) is 4.76. The van der Waals surface area contributed by atoms with Crippen molar-refractivity contribution in [3.63, 3.8) is 0 Å². The summed E-state index contributed by atoms with van der Waals surface area (Å²) in [6.07, 6.45) is 6.97. The van der Waals surface area contributed by atoms with Gasteiger partial charge in [0.25, 0.3) is 5.56 Å². The smallest absolute Gasteiger partial charge is 0.267 e. The molecule has 2 aromatic heterocycles. The van der Waals surface area contributed by atoms with Crippen molar-refractivity contribution in [1.29, 1.82) is 5.26 Å². The number of nitrogens with two attached hydrogens (primary N) is 1. The van der Waals surface area contributed by atoms with E-state index in [0.717, 1.165) is 0 Å². The van der Waals surface area contributed by atoms with Gasteiger partial charge in [-0.2, -0.15) is 10.2 Å². The monoisotopic (exact) mass is 407 g/mol. The molecule has 3 N–H and O–H groups in total.